The van der Waals surface area contributed by atoms with Crippen LogP contribution < -0.4 is 16.8 Å². The molecular weight excluding hydrogens is 206 g/mol. The lowest BCUT2D eigenvalue weighted by molar-refractivity contribution is -0.125. The molecule has 1 aromatic rings. The first-order chi connectivity index (χ1) is 7.59. The predicted molar refractivity (Wildman–Crippen MR) is 60.1 cm³/mol. The minimum absolute atomic E-state index is 0.0812. The second kappa shape index (κ2) is 5.87. The van der Waals surface area contributed by atoms with Gasteiger partial charge in [0.2, 0.25) is 11.8 Å². The molecule has 16 heavy (non-hydrogen) atoms. The largest absolute Gasteiger partial charge is 0.370 e. The van der Waals surface area contributed by atoms with E-state index in [4.69, 9.17) is 11.5 Å². The Morgan fingerprint density at radius 1 is 1.19 bits per heavy atom. The van der Waals surface area contributed by atoms with Gasteiger partial charge in [0.15, 0.2) is 0 Å². The van der Waals surface area contributed by atoms with Crippen LogP contribution in [0.25, 0.3) is 0 Å². The van der Waals surface area contributed by atoms with Crippen LogP contribution in [0.2, 0.25) is 0 Å². The average molecular weight is 221 g/mol. The third kappa shape index (κ3) is 4.10. The van der Waals surface area contributed by atoms with Gasteiger partial charge in [-0.1, -0.05) is 30.3 Å². The van der Waals surface area contributed by atoms with Crippen molar-refractivity contribution in [3.8, 4) is 0 Å². The van der Waals surface area contributed by atoms with Crippen molar-refractivity contribution in [3.05, 3.63) is 35.9 Å². The summed E-state index contributed by atoms with van der Waals surface area (Å²) in [5.74, 6) is -1.13. The van der Waals surface area contributed by atoms with Crippen molar-refractivity contribution in [3.63, 3.8) is 0 Å². The van der Waals surface area contributed by atoms with Gasteiger partial charge in [0.25, 0.3) is 0 Å². The first-order valence-electron chi connectivity index (χ1n) is 4.94. The molecule has 0 aliphatic heterocycles. The standard InChI is InChI=1S/C11H15N3O2/c12-10(15)6-9(11(13)16)14-7-8-4-2-1-3-5-8/h1-5,9,14H,6-7H2,(H2,12,15)(H2,13,16). The molecule has 5 heteroatoms. The van der Waals surface area contributed by atoms with Crippen molar-refractivity contribution in [1.29, 1.82) is 0 Å². The zero-order chi connectivity index (χ0) is 12.0. The zero-order valence-corrected chi connectivity index (χ0v) is 8.85. The van der Waals surface area contributed by atoms with Crippen LogP contribution in [0.15, 0.2) is 30.3 Å². The van der Waals surface area contributed by atoms with Crippen molar-refractivity contribution < 1.29 is 9.59 Å². The number of nitrogens with one attached hydrogen (secondary N) is 1. The number of benzene rings is 1. The smallest absolute Gasteiger partial charge is 0.235 e. The van der Waals surface area contributed by atoms with Crippen LogP contribution in [-0.2, 0) is 16.1 Å². The Bertz CT molecular complexity index is 365. The summed E-state index contributed by atoms with van der Waals surface area (Å²) in [6, 6.07) is 8.80. The van der Waals surface area contributed by atoms with Crippen LogP contribution in [0.3, 0.4) is 0 Å². The second-order valence-corrected chi connectivity index (χ2v) is 3.49. The number of carbonyl (C=O) groups excluding carboxylic acids is 2. The Morgan fingerprint density at radius 2 is 1.81 bits per heavy atom. The van der Waals surface area contributed by atoms with Gasteiger partial charge in [0.1, 0.15) is 0 Å². The second-order valence-electron chi connectivity index (χ2n) is 3.49. The molecule has 0 spiro atoms. The molecule has 1 atom stereocenters. The molecule has 0 bridgehead atoms. The summed E-state index contributed by atoms with van der Waals surface area (Å²) in [7, 11) is 0. The molecular formula is C11H15N3O2. The molecule has 0 saturated carbocycles. The van der Waals surface area contributed by atoms with E-state index in [-0.39, 0.29) is 6.42 Å². The zero-order valence-electron chi connectivity index (χ0n) is 8.85. The molecule has 1 unspecified atom stereocenters. The van der Waals surface area contributed by atoms with E-state index in [2.05, 4.69) is 5.32 Å². The average Bonchev–Trinajstić information content (AvgIpc) is 2.25. The van der Waals surface area contributed by atoms with Crippen molar-refractivity contribution in [2.24, 2.45) is 11.5 Å². The number of hydrogen-bond acceptors (Lipinski definition) is 3. The van der Waals surface area contributed by atoms with Crippen molar-refractivity contribution >= 4 is 11.8 Å². The lowest BCUT2D eigenvalue weighted by atomic mass is 10.1. The Labute approximate surface area is 93.8 Å². The lowest BCUT2D eigenvalue weighted by Gasteiger charge is -2.13. The maximum absolute atomic E-state index is 11.0. The first kappa shape index (κ1) is 12.2. The summed E-state index contributed by atoms with van der Waals surface area (Å²) < 4.78 is 0. The van der Waals surface area contributed by atoms with Crippen LogP contribution in [0.1, 0.15) is 12.0 Å². The molecule has 0 radical (unpaired) electrons. The van der Waals surface area contributed by atoms with Crippen LogP contribution >= 0.6 is 0 Å². The molecule has 5 N–H and O–H groups in total. The molecule has 86 valence electrons. The molecule has 1 aromatic carbocycles. The molecule has 5 nitrogen and oxygen atoms in total. The highest BCUT2D eigenvalue weighted by Crippen LogP contribution is 1.99. The van der Waals surface area contributed by atoms with Gasteiger partial charge in [0.05, 0.1) is 12.5 Å². The molecule has 0 aliphatic carbocycles. The van der Waals surface area contributed by atoms with E-state index in [0.717, 1.165) is 5.56 Å². The topological polar surface area (TPSA) is 98.2 Å². The molecule has 0 saturated heterocycles. The molecule has 0 aromatic heterocycles. The number of amides is 2. The molecule has 0 heterocycles. The summed E-state index contributed by atoms with van der Waals surface area (Å²) in [5.41, 5.74) is 11.2. The quantitative estimate of drug-likeness (QED) is 0.604. The van der Waals surface area contributed by atoms with Crippen LogP contribution in [0.4, 0.5) is 0 Å². The fourth-order valence-corrected chi connectivity index (χ4v) is 1.31. The predicted octanol–water partition coefficient (Wildman–Crippen LogP) is -0.495. The summed E-state index contributed by atoms with van der Waals surface area (Å²) >= 11 is 0. The highest BCUT2D eigenvalue weighted by atomic mass is 16.2. The van der Waals surface area contributed by atoms with Crippen LogP contribution in [-0.4, -0.2) is 17.9 Å². The van der Waals surface area contributed by atoms with Gasteiger partial charge >= 0.3 is 0 Å². The number of rotatable bonds is 6. The van der Waals surface area contributed by atoms with Crippen molar-refractivity contribution in [1.82, 2.24) is 5.32 Å². The van der Waals surface area contributed by atoms with Crippen molar-refractivity contribution in [2.75, 3.05) is 0 Å². The van der Waals surface area contributed by atoms with Gasteiger partial charge in [-0.3, -0.25) is 9.59 Å². The number of hydrogen-bond donors (Lipinski definition) is 3. The van der Waals surface area contributed by atoms with E-state index in [1.807, 2.05) is 30.3 Å². The van der Waals surface area contributed by atoms with Gasteiger partial charge in [-0.25, -0.2) is 0 Å². The normalized spacial score (nSPS) is 12.0. The van der Waals surface area contributed by atoms with Gasteiger partial charge in [-0.05, 0) is 5.56 Å². The molecule has 2 amide bonds. The lowest BCUT2D eigenvalue weighted by Crippen LogP contribution is -2.43. The van der Waals surface area contributed by atoms with E-state index in [0.29, 0.717) is 6.54 Å². The van der Waals surface area contributed by atoms with Gasteiger partial charge in [0, 0.05) is 6.54 Å². The summed E-state index contributed by atoms with van der Waals surface area (Å²) in [4.78, 5) is 21.7. The first-order valence-corrected chi connectivity index (χ1v) is 4.94. The minimum atomic E-state index is -0.710. The number of carbonyl (C=O) groups is 2. The van der Waals surface area contributed by atoms with E-state index >= 15 is 0 Å². The maximum Gasteiger partial charge on any atom is 0.235 e. The fourth-order valence-electron chi connectivity index (χ4n) is 1.31. The van der Waals surface area contributed by atoms with E-state index < -0.39 is 17.9 Å². The maximum atomic E-state index is 11.0. The Morgan fingerprint density at radius 3 is 2.31 bits per heavy atom. The third-order valence-electron chi connectivity index (χ3n) is 2.14. The Balaban J connectivity index is 2.50. The van der Waals surface area contributed by atoms with Gasteiger partial charge in [-0.15, -0.1) is 0 Å². The number of primary amides is 2. The highest BCUT2D eigenvalue weighted by molar-refractivity contribution is 5.86. The van der Waals surface area contributed by atoms with Crippen LogP contribution in [0, 0.1) is 0 Å². The van der Waals surface area contributed by atoms with E-state index in [1.165, 1.54) is 0 Å². The summed E-state index contributed by atoms with van der Waals surface area (Å²) in [6.07, 6.45) is -0.0812. The third-order valence-corrected chi connectivity index (χ3v) is 2.14. The van der Waals surface area contributed by atoms with E-state index in [1.54, 1.807) is 0 Å². The van der Waals surface area contributed by atoms with Gasteiger partial charge in [-0.2, -0.15) is 0 Å². The number of nitrogens with two attached hydrogens (primary N) is 2. The molecule has 0 aliphatic rings. The monoisotopic (exact) mass is 221 g/mol. The van der Waals surface area contributed by atoms with Gasteiger partial charge < -0.3 is 16.8 Å². The molecule has 0 fully saturated rings. The molecule has 1 rings (SSSR count). The van der Waals surface area contributed by atoms with E-state index in [9.17, 15) is 9.59 Å². The Kier molecular flexibility index (Phi) is 4.47. The fraction of sp³-hybridized carbons (Fsp3) is 0.273. The highest BCUT2D eigenvalue weighted by Gasteiger charge is 2.16. The van der Waals surface area contributed by atoms with Crippen molar-refractivity contribution in [2.45, 2.75) is 19.0 Å². The SMILES string of the molecule is NC(=O)CC(NCc1ccccc1)C(N)=O. The van der Waals surface area contributed by atoms with Crippen LogP contribution in [0.5, 0.6) is 0 Å². The minimum Gasteiger partial charge on any atom is -0.370 e. The Hall–Kier alpha value is -1.88. The summed E-state index contributed by atoms with van der Waals surface area (Å²) in [5, 5.41) is 2.89. The summed E-state index contributed by atoms with van der Waals surface area (Å²) in [6.45, 7) is 0.474.